The van der Waals surface area contributed by atoms with Gasteiger partial charge in [0, 0.05) is 5.56 Å². The molecule has 0 aromatic heterocycles. The number of carbonyl (C=O) groups excluding carboxylic acids is 2. The lowest BCUT2D eigenvalue weighted by Gasteiger charge is -2.19. The third kappa shape index (κ3) is 5.58. The molecule has 0 unspecified atom stereocenters. The molecule has 1 saturated carbocycles. The summed E-state index contributed by atoms with van der Waals surface area (Å²) in [4.78, 5) is 24.9. The Bertz CT molecular complexity index is 1060. The van der Waals surface area contributed by atoms with Crippen LogP contribution in [0.1, 0.15) is 48.0 Å². The molecule has 0 atom stereocenters. The monoisotopic (exact) mass is 410 g/mol. The normalized spacial score (nSPS) is 14.5. The Kier molecular flexibility index (Phi) is 6.73. The highest BCUT2D eigenvalue weighted by atomic mass is 16.5. The number of allylic oxidation sites excluding steroid dienone is 1. The molecular weight excluding hydrogens is 384 g/mol. The number of ketones is 1. The fraction of sp³-hybridized carbons (Fsp3) is 0.214. The standard InChI is InChI=1S/C28H26O3/c29-27(24-17-15-23(16-18-24)22-9-3-1-4-10-22)19-14-21-8-7-13-26(20-21)31-28(30)25-11-5-2-6-12-25/h1,3-4,7-10,13-20,25H,2,5-6,11-12H2. The SMILES string of the molecule is O=C(C=Cc1cccc(OC(=O)C2CCCCC2)c1)c1ccc(-c2ccccc2)cc1. The molecule has 31 heavy (non-hydrogen) atoms. The zero-order valence-electron chi connectivity index (χ0n) is 17.5. The van der Waals surface area contributed by atoms with Crippen molar-refractivity contribution in [2.45, 2.75) is 32.1 Å². The molecule has 3 aromatic rings. The number of ether oxygens (including phenoxy) is 1. The van der Waals surface area contributed by atoms with Crippen molar-refractivity contribution in [3.05, 3.63) is 96.1 Å². The highest BCUT2D eigenvalue weighted by molar-refractivity contribution is 6.07. The minimum absolute atomic E-state index is 0.00776. The number of rotatable bonds is 6. The summed E-state index contributed by atoms with van der Waals surface area (Å²) < 4.78 is 5.58. The van der Waals surface area contributed by atoms with Crippen molar-refractivity contribution in [2.75, 3.05) is 0 Å². The highest BCUT2D eigenvalue weighted by Crippen LogP contribution is 2.26. The van der Waals surface area contributed by atoms with E-state index in [0.717, 1.165) is 42.4 Å². The average Bonchev–Trinajstić information content (AvgIpc) is 2.84. The van der Waals surface area contributed by atoms with E-state index >= 15 is 0 Å². The van der Waals surface area contributed by atoms with E-state index in [1.807, 2.05) is 66.7 Å². The Balaban J connectivity index is 1.39. The van der Waals surface area contributed by atoms with Crippen LogP contribution in [0.2, 0.25) is 0 Å². The topological polar surface area (TPSA) is 43.4 Å². The first-order valence-electron chi connectivity index (χ1n) is 10.9. The maximum atomic E-state index is 12.6. The van der Waals surface area contributed by atoms with Gasteiger partial charge >= 0.3 is 5.97 Å². The highest BCUT2D eigenvalue weighted by Gasteiger charge is 2.22. The van der Waals surface area contributed by atoms with Gasteiger partial charge < -0.3 is 4.74 Å². The fourth-order valence-corrected chi connectivity index (χ4v) is 3.95. The van der Waals surface area contributed by atoms with Gasteiger partial charge in [-0.2, -0.15) is 0 Å². The first-order chi connectivity index (χ1) is 15.2. The van der Waals surface area contributed by atoms with Crippen molar-refractivity contribution in [1.29, 1.82) is 0 Å². The average molecular weight is 411 g/mol. The first-order valence-corrected chi connectivity index (χ1v) is 10.9. The Morgan fingerprint density at radius 2 is 1.48 bits per heavy atom. The zero-order chi connectivity index (χ0) is 21.5. The molecule has 3 aromatic carbocycles. The molecule has 3 heteroatoms. The van der Waals surface area contributed by atoms with Crippen LogP contribution < -0.4 is 4.74 Å². The van der Waals surface area contributed by atoms with Crippen LogP contribution in [0.25, 0.3) is 17.2 Å². The summed E-state index contributed by atoms with van der Waals surface area (Å²) in [6.07, 6.45) is 8.53. The van der Waals surface area contributed by atoms with Crippen LogP contribution >= 0.6 is 0 Å². The molecule has 4 rings (SSSR count). The van der Waals surface area contributed by atoms with Crippen LogP contribution in [0.4, 0.5) is 0 Å². The Morgan fingerprint density at radius 1 is 0.774 bits per heavy atom. The second-order valence-corrected chi connectivity index (χ2v) is 7.97. The minimum Gasteiger partial charge on any atom is -0.426 e. The number of esters is 1. The summed E-state index contributed by atoms with van der Waals surface area (Å²) in [6, 6.07) is 25.0. The van der Waals surface area contributed by atoms with Crippen molar-refractivity contribution in [2.24, 2.45) is 5.92 Å². The molecule has 0 heterocycles. The number of hydrogen-bond donors (Lipinski definition) is 0. The third-order valence-electron chi connectivity index (χ3n) is 5.72. The van der Waals surface area contributed by atoms with Crippen molar-refractivity contribution >= 4 is 17.8 Å². The Morgan fingerprint density at radius 3 is 2.23 bits per heavy atom. The van der Waals surface area contributed by atoms with E-state index in [2.05, 4.69) is 0 Å². The Hall–Kier alpha value is -3.46. The minimum atomic E-state index is -0.143. The van der Waals surface area contributed by atoms with E-state index in [1.165, 1.54) is 6.42 Å². The van der Waals surface area contributed by atoms with Crippen LogP contribution in [0.5, 0.6) is 5.75 Å². The molecule has 0 amide bonds. The molecule has 1 aliphatic carbocycles. The van der Waals surface area contributed by atoms with Gasteiger partial charge in [-0.25, -0.2) is 0 Å². The van der Waals surface area contributed by atoms with Gasteiger partial charge in [0.05, 0.1) is 5.92 Å². The molecule has 1 fully saturated rings. The second kappa shape index (κ2) is 10.0. The van der Waals surface area contributed by atoms with Crippen LogP contribution in [-0.2, 0) is 4.79 Å². The quantitative estimate of drug-likeness (QED) is 0.196. The smallest absolute Gasteiger partial charge is 0.314 e. The van der Waals surface area contributed by atoms with Crippen LogP contribution in [0.3, 0.4) is 0 Å². The van der Waals surface area contributed by atoms with Crippen LogP contribution in [-0.4, -0.2) is 11.8 Å². The van der Waals surface area contributed by atoms with Gasteiger partial charge in [0.2, 0.25) is 0 Å². The van der Waals surface area contributed by atoms with Crippen LogP contribution in [0, 0.1) is 5.92 Å². The summed E-state index contributed by atoms with van der Waals surface area (Å²) in [6.45, 7) is 0. The van der Waals surface area contributed by atoms with Gasteiger partial charge in [-0.15, -0.1) is 0 Å². The number of hydrogen-bond acceptors (Lipinski definition) is 3. The molecule has 156 valence electrons. The lowest BCUT2D eigenvalue weighted by molar-refractivity contribution is -0.139. The second-order valence-electron chi connectivity index (χ2n) is 7.97. The molecule has 0 aliphatic heterocycles. The van der Waals surface area contributed by atoms with Gasteiger partial charge in [-0.05, 0) is 47.7 Å². The maximum Gasteiger partial charge on any atom is 0.314 e. The predicted octanol–water partition coefficient (Wildman–Crippen LogP) is 6.74. The molecule has 0 bridgehead atoms. The summed E-state index contributed by atoms with van der Waals surface area (Å²) >= 11 is 0. The van der Waals surface area contributed by atoms with Crippen molar-refractivity contribution < 1.29 is 14.3 Å². The van der Waals surface area contributed by atoms with Gasteiger partial charge in [0.1, 0.15) is 5.75 Å². The molecule has 1 aliphatic rings. The van der Waals surface area contributed by atoms with Crippen molar-refractivity contribution in [3.63, 3.8) is 0 Å². The van der Waals surface area contributed by atoms with E-state index in [0.29, 0.717) is 11.3 Å². The predicted molar refractivity (Wildman–Crippen MR) is 124 cm³/mol. The molecule has 0 saturated heterocycles. The van der Waals surface area contributed by atoms with E-state index in [1.54, 1.807) is 24.3 Å². The summed E-state index contributed by atoms with van der Waals surface area (Å²) in [5, 5.41) is 0. The first kappa shape index (κ1) is 20.8. The molecule has 0 radical (unpaired) electrons. The van der Waals surface area contributed by atoms with E-state index in [4.69, 9.17) is 4.74 Å². The van der Waals surface area contributed by atoms with Crippen molar-refractivity contribution in [3.8, 4) is 16.9 Å². The third-order valence-corrected chi connectivity index (χ3v) is 5.72. The van der Waals surface area contributed by atoms with E-state index in [-0.39, 0.29) is 17.7 Å². The van der Waals surface area contributed by atoms with Gasteiger partial charge in [-0.3, -0.25) is 9.59 Å². The number of benzene rings is 3. The maximum absolute atomic E-state index is 12.6. The summed E-state index contributed by atoms with van der Waals surface area (Å²) in [5.41, 5.74) is 3.66. The number of carbonyl (C=O) groups is 2. The van der Waals surface area contributed by atoms with Gasteiger partial charge in [0.15, 0.2) is 5.78 Å². The van der Waals surface area contributed by atoms with E-state index < -0.39 is 0 Å². The molecular formula is C28H26O3. The molecule has 3 nitrogen and oxygen atoms in total. The van der Waals surface area contributed by atoms with Gasteiger partial charge in [0.25, 0.3) is 0 Å². The lowest BCUT2D eigenvalue weighted by Crippen LogP contribution is -2.22. The lowest BCUT2D eigenvalue weighted by atomic mass is 9.89. The van der Waals surface area contributed by atoms with Crippen LogP contribution in [0.15, 0.2) is 84.9 Å². The fourth-order valence-electron chi connectivity index (χ4n) is 3.95. The largest absolute Gasteiger partial charge is 0.426 e. The molecule has 0 spiro atoms. The summed E-state index contributed by atoms with van der Waals surface area (Å²) in [7, 11) is 0. The summed E-state index contributed by atoms with van der Waals surface area (Å²) in [5.74, 6) is 0.324. The van der Waals surface area contributed by atoms with Crippen molar-refractivity contribution in [1.82, 2.24) is 0 Å². The zero-order valence-corrected chi connectivity index (χ0v) is 17.5. The van der Waals surface area contributed by atoms with Gasteiger partial charge in [-0.1, -0.05) is 92.1 Å². The van der Waals surface area contributed by atoms with E-state index in [9.17, 15) is 9.59 Å². The molecule has 0 N–H and O–H groups in total. The Labute approximate surface area is 183 Å².